The molecule has 13 rings (SSSR count). The van der Waals surface area contributed by atoms with Crippen LogP contribution >= 0.6 is 7.14 Å². The lowest BCUT2D eigenvalue weighted by molar-refractivity contribution is 0.592. The summed E-state index contributed by atoms with van der Waals surface area (Å²) in [7, 11) is -3.54. The van der Waals surface area contributed by atoms with Gasteiger partial charge in [0.2, 0.25) is 0 Å². The zero-order valence-electron chi connectivity index (χ0n) is 33.1. The Hall–Kier alpha value is -7.19. The number of anilines is 6. The average Bonchev–Trinajstić information content (AvgIpc) is 3.29. The lowest BCUT2D eigenvalue weighted by Crippen LogP contribution is -2.43. The highest BCUT2D eigenvalue weighted by atomic mass is 31.2. The van der Waals surface area contributed by atoms with Crippen LogP contribution in [0.5, 0.6) is 0 Å². The third kappa shape index (κ3) is 4.42. The molecule has 0 aliphatic carbocycles. The molecule has 0 atom stereocenters. The number of benzene rings is 11. The van der Waals surface area contributed by atoms with E-state index in [0.717, 1.165) is 71.6 Å². The molecule has 2 aliphatic rings. The molecule has 0 fully saturated rings. The fraction of sp³-hybridized carbons (Fsp3) is 0.0357. The first kappa shape index (κ1) is 33.7. The Labute approximate surface area is 347 Å². The molecular weight excluding hydrogens is 748 g/mol. The summed E-state index contributed by atoms with van der Waals surface area (Å²) in [6.07, 6.45) is 0. The van der Waals surface area contributed by atoms with Crippen molar-refractivity contribution in [2.24, 2.45) is 0 Å². The van der Waals surface area contributed by atoms with Crippen molar-refractivity contribution in [3.8, 4) is 0 Å². The minimum Gasteiger partial charge on any atom is -0.308 e. The largest absolute Gasteiger partial charge is 0.308 e. The molecule has 3 nitrogen and oxygen atoms in total. The van der Waals surface area contributed by atoms with E-state index in [-0.39, 0.29) is 0 Å². The van der Waals surface area contributed by atoms with Gasteiger partial charge in [0, 0.05) is 32.8 Å². The van der Waals surface area contributed by atoms with E-state index in [4.69, 9.17) is 0 Å². The number of aryl methyl sites for hydroxylation is 2. The predicted octanol–water partition coefficient (Wildman–Crippen LogP) is 14.4. The molecule has 4 heteroatoms. The van der Waals surface area contributed by atoms with Gasteiger partial charge in [0.1, 0.15) is 0 Å². The molecule has 0 spiro atoms. The summed E-state index contributed by atoms with van der Waals surface area (Å²) in [6.45, 7) is 4.26. The van der Waals surface area contributed by atoms with E-state index in [1.54, 1.807) is 0 Å². The molecule has 0 saturated carbocycles. The fourth-order valence-electron chi connectivity index (χ4n) is 10.5. The minimum absolute atomic E-state index is 0.867. The van der Waals surface area contributed by atoms with Crippen LogP contribution in [-0.4, -0.2) is 0 Å². The Morgan fingerprint density at radius 3 is 1.17 bits per heavy atom. The molecule has 0 bridgehead atoms. The van der Waals surface area contributed by atoms with E-state index in [1.165, 1.54) is 54.2 Å². The van der Waals surface area contributed by atoms with E-state index in [2.05, 4.69) is 212 Å². The molecule has 11 aromatic rings. The Bertz CT molecular complexity index is 3480. The summed E-state index contributed by atoms with van der Waals surface area (Å²) in [5.74, 6) is 0. The molecule has 0 radical (unpaired) electrons. The van der Waals surface area contributed by atoms with Crippen LogP contribution in [-0.2, 0) is 4.57 Å². The van der Waals surface area contributed by atoms with Gasteiger partial charge in [0.05, 0.1) is 28.1 Å². The first-order valence-electron chi connectivity index (χ1n) is 20.7. The summed E-state index contributed by atoms with van der Waals surface area (Å²) < 4.78 is 17.3. The molecule has 0 amide bonds. The van der Waals surface area contributed by atoms with Crippen LogP contribution in [0.1, 0.15) is 11.1 Å². The average molecular weight is 785 g/mol. The molecule has 60 heavy (non-hydrogen) atoms. The van der Waals surface area contributed by atoms with Crippen molar-refractivity contribution in [2.45, 2.75) is 13.8 Å². The van der Waals surface area contributed by atoms with Crippen molar-refractivity contribution >= 4 is 122 Å². The Morgan fingerprint density at radius 1 is 0.333 bits per heavy atom. The summed E-state index contributed by atoms with van der Waals surface area (Å²) in [5.41, 5.74) is 8.34. The second-order valence-electron chi connectivity index (χ2n) is 16.5. The highest BCUT2D eigenvalue weighted by Gasteiger charge is 2.49. The van der Waals surface area contributed by atoms with E-state index in [1.807, 2.05) is 0 Å². The highest BCUT2D eigenvalue weighted by Crippen LogP contribution is 2.63. The quantitative estimate of drug-likeness (QED) is 0.129. The van der Waals surface area contributed by atoms with Gasteiger partial charge in [-0.25, -0.2) is 0 Å². The second-order valence-corrected chi connectivity index (χ2v) is 19.2. The van der Waals surface area contributed by atoms with E-state index < -0.39 is 7.14 Å². The van der Waals surface area contributed by atoms with Gasteiger partial charge in [-0.2, -0.15) is 0 Å². The molecule has 282 valence electrons. The molecule has 0 N–H and O–H groups in total. The van der Waals surface area contributed by atoms with Crippen LogP contribution in [0.25, 0.3) is 64.6 Å². The van der Waals surface area contributed by atoms with Gasteiger partial charge < -0.3 is 14.4 Å². The zero-order valence-corrected chi connectivity index (χ0v) is 34.0. The lowest BCUT2D eigenvalue weighted by atomic mass is 9.95. The zero-order chi connectivity index (χ0) is 39.9. The third-order valence-electron chi connectivity index (χ3n) is 13.2. The Morgan fingerprint density at radius 2 is 0.700 bits per heavy atom. The van der Waals surface area contributed by atoms with E-state index in [0.29, 0.717) is 0 Å². The summed E-state index contributed by atoms with van der Waals surface area (Å²) in [4.78, 5) is 4.77. The summed E-state index contributed by atoms with van der Waals surface area (Å²) in [5, 5.41) is 16.8. The van der Waals surface area contributed by atoms with Crippen molar-refractivity contribution in [1.29, 1.82) is 0 Å². The monoisotopic (exact) mass is 784 g/mol. The maximum Gasteiger partial charge on any atom is 0.179 e. The first-order valence-corrected chi connectivity index (χ1v) is 22.4. The maximum atomic E-state index is 17.3. The standard InChI is InChI=1S/C56H37N2OP/c1-34-14-20-38(21-15-34)57-50-12-7-13-51-56(50)60(59,52-32-30-46-44-24-18-36-8-3-5-10-40(36)42(44)26-28-48(46)54(52)57)53-33-31-47-45-25-19-37-9-4-6-11-41(37)43(45)27-29-49(47)55(53)58(51)39-22-16-35(2)17-23-39/h3-33H,1-2H3. The van der Waals surface area contributed by atoms with Crippen LogP contribution in [0.3, 0.4) is 0 Å². The van der Waals surface area contributed by atoms with Crippen molar-refractivity contribution in [2.75, 3.05) is 9.80 Å². The SMILES string of the molecule is Cc1ccc(N2c3cccc4c3P(=O)(c3ccc5c(ccc6c7ccccc7ccc56)c32)c2ccc3c(ccc5c6ccccc6ccc35)c2N4c2ccc(C)cc2)cc1. The highest BCUT2D eigenvalue weighted by molar-refractivity contribution is 7.86. The van der Waals surface area contributed by atoms with Crippen molar-refractivity contribution in [3.63, 3.8) is 0 Å². The predicted molar refractivity (Wildman–Crippen MR) is 257 cm³/mol. The van der Waals surface area contributed by atoms with Crippen molar-refractivity contribution < 1.29 is 4.57 Å². The Balaban J connectivity index is 1.18. The van der Waals surface area contributed by atoms with E-state index >= 15 is 4.57 Å². The molecule has 2 aliphatic heterocycles. The number of hydrogen-bond donors (Lipinski definition) is 0. The Kier molecular flexibility index (Phi) is 6.85. The van der Waals surface area contributed by atoms with E-state index in [9.17, 15) is 0 Å². The van der Waals surface area contributed by atoms with Crippen LogP contribution in [0.15, 0.2) is 188 Å². The van der Waals surface area contributed by atoms with Gasteiger partial charge in [-0.1, -0.05) is 151 Å². The van der Waals surface area contributed by atoms with Crippen LogP contribution in [0.2, 0.25) is 0 Å². The molecule has 0 aromatic heterocycles. The fourth-order valence-corrected chi connectivity index (χ4v) is 13.8. The molecule has 0 saturated heterocycles. The molecular formula is C56H37N2OP. The molecule has 11 aromatic carbocycles. The van der Waals surface area contributed by atoms with Gasteiger partial charge in [-0.15, -0.1) is 0 Å². The minimum atomic E-state index is -3.54. The summed E-state index contributed by atoms with van der Waals surface area (Å²) >= 11 is 0. The van der Waals surface area contributed by atoms with Gasteiger partial charge in [0.15, 0.2) is 7.14 Å². The molecule has 2 heterocycles. The van der Waals surface area contributed by atoms with Crippen LogP contribution in [0.4, 0.5) is 34.1 Å². The lowest BCUT2D eigenvalue weighted by Gasteiger charge is -2.45. The number of nitrogens with zero attached hydrogens (tertiary/aromatic N) is 2. The maximum absolute atomic E-state index is 17.3. The smallest absolute Gasteiger partial charge is 0.179 e. The van der Waals surface area contributed by atoms with Gasteiger partial charge >= 0.3 is 0 Å². The van der Waals surface area contributed by atoms with Gasteiger partial charge in [-0.05, 0) is 116 Å². The van der Waals surface area contributed by atoms with Crippen LogP contribution < -0.4 is 25.7 Å². The molecule has 0 unspecified atom stereocenters. The number of fused-ring (bicyclic) bond motifs is 16. The van der Waals surface area contributed by atoms with Gasteiger partial charge in [-0.3, -0.25) is 0 Å². The first-order chi connectivity index (χ1) is 29.5. The third-order valence-corrected chi connectivity index (χ3v) is 16.4. The normalized spacial score (nSPS) is 14.0. The number of hydrogen-bond acceptors (Lipinski definition) is 3. The summed E-state index contributed by atoms with van der Waals surface area (Å²) in [6, 6.07) is 68.2. The topological polar surface area (TPSA) is 23.6 Å². The van der Waals surface area contributed by atoms with Crippen LogP contribution in [0, 0.1) is 13.8 Å². The van der Waals surface area contributed by atoms with Crippen molar-refractivity contribution in [1.82, 2.24) is 0 Å². The van der Waals surface area contributed by atoms with Crippen molar-refractivity contribution in [3.05, 3.63) is 199 Å². The number of rotatable bonds is 2. The van der Waals surface area contributed by atoms with Gasteiger partial charge in [0.25, 0.3) is 0 Å². The second kappa shape index (κ2) is 12.2.